The lowest BCUT2D eigenvalue weighted by Gasteiger charge is -2.10. The first-order valence-corrected chi connectivity index (χ1v) is 11.6. The first-order chi connectivity index (χ1) is 16.3. The SMILES string of the molecule is c1cc(-c2cc3ccccc3[nH]2)c(-c2nc3ccccc3s2)c(-c2nc3ccccc3o2)c1. The average molecular weight is 444 g/mol. The van der Waals surface area contributed by atoms with Gasteiger partial charge in [0.05, 0.1) is 10.2 Å². The fourth-order valence-electron chi connectivity index (χ4n) is 4.37. The highest BCUT2D eigenvalue weighted by molar-refractivity contribution is 7.21. The second-order valence-corrected chi connectivity index (χ2v) is 9.00. The Morgan fingerprint density at radius 1 is 0.697 bits per heavy atom. The molecule has 0 atom stereocenters. The maximum absolute atomic E-state index is 6.20. The molecule has 0 saturated carbocycles. The van der Waals surface area contributed by atoms with Crippen molar-refractivity contribution in [3.8, 4) is 33.3 Å². The summed E-state index contributed by atoms with van der Waals surface area (Å²) in [7, 11) is 0. The number of benzene rings is 4. The van der Waals surface area contributed by atoms with Gasteiger partial charge in [0.15, 0.2) is 5.58 Å². The van der Waals surface area contributed by atoms with Gasteiger partial charge in [-0.05, 0) is 42.5 Å². The summed E-state index contributed by atoms with van der Waals surface area (Å²) in [5, 5.41) is 2.12. The van der Waals surface area contributed by atoms with Gasteiger partial charge >= 0.3 is 0 Å². The lowest BCUT2D eigenvalue weighted by molar-refractivity contribution is 0.620. The molecule has 0 bridgehead atoms. The number of hydrogen-bond donors (Lipinski definition) is 1. The number of aromatic amines is 1. The quantitative estimate of drug-likeness (QED) is 0.302. The molecule has 0 amide bonds. The van der Waals surface area contributed by atoms with Crippen LogP contribution in [0.5, 0.6) is 0 Å². The minimum Gasteiger partial charge on any atom is -0.436 e. The standard InChI is InChI=1S/C28H17N3OS/c1-2-11-20-17(8-1)16-23(29-20)18-9-7-10-19(27-30-21-12-3-5-14-24(21)32-27)26(18)28-31-22-13-4-6-15-25(22)33-28/h1-16,29H. The molecule has 0 unspecified atom stereocenters. The van der Waals surface area contributed by atoms with Crippen LogP contribution in [0.2, 0.25) is 0 Å². The fraction of sp³-hybridized carbons (Fsp3) is 0. The van der Waals surface area contributed by atoms with Crippen molar-refractivity contribution >= 4 is 43.6 Å². The van der Waals surface area contributed by atoms with E-state index in [0.29, 0.717) is 5.89 Å². The van der Waals surface area contributed by atoms with E-state index in [1.54, 1.807) is 11.3 Å². The highest BCUT2D eigenvalue weighted by atomic mass is 32.1. The molecule has 0 radical (unpaired) electrons. The molecule has 3 aromatic heterocycles. The van der Waals surface area contributed by atoms with E-state index >= 15 is 0 Å². The minimum atomic E-state index is 0.600. The van der Waals surface area contributed by atoms with E-state index in [9.17, 15) is 0 Å². The van der Waals surface area contributed by atoms with Crippen molar-refractivity contribution in [3.63, 3.8) is 0 Å². The number of oxazole rings is 1. The van der Waals surface area contributed by atoms with Crippen LogP contribution >= 0.6 is 11.3 Å². The Bertz CT molecular complexity index is 1600. The predicted molar refractivity (Wildman–Crippen MR) is 135 cm³/mol. The maximum atomic E-state index is 6.20. The molecule has 0 saturated heterocycles. The summed E-state index contributed by atoms with van der Waals surface area (Å²) in [6.07, 6.45) is 0. The second-order valence-electron chi connectivity index (χ2n) is 7.97. The summed E-state index contributed by atoms with van der Waals surface area (Å²) in [5.74, 6) is 0.600. The highest BCUT2D eigenvalue weighted by Crippen LogP contribution is 2.43. The van der Waals surface area contributed by atoms with Crippen molar-refractivity contribution in [2.45, 2.75) is 0 Å². The zero-order valence-corrected chi connectivity index (χ0v) is 18.3. The molecular formula is C28H17N3OS. The van der Waals surface area contributed by atoms with Gasteiger partial charge in [-0.15, -0.1) is 11.3 Å². The van der Waals surface area contributed by atoms with Gasteiger partial charge < -0.3 is 9.40 Å². The van der Waals surface area contributed by atoms with E-state index in [-0.39, 0.29) is 0 Å². The molecule has 4 nitrogen and oxygen atoms in total. The molecule has 1 N–H and O–H groups in total. The van der Waals surface area contributed by atoms with Crippen LogP contribution in [0, 0.1) is 0 Å². The topological polar surface area (TPSA) is 54.7 Å². The van der Waals surface area contributed by atoms with Crippen LogP contribution in [0.3, 0.4) is 0 Å². The summed E-state index contributed by atoms with van der Waals surface area (Å²) in [6.45, 7) is 0. The second kappa shape index (κ2) is 7.15. The van der Waals surface area contributed by atoms with E-state index in [1.807, 2.05) is 36.4 Å². The number of thiazole rings is 1. The molecule has 5 heteroatoms. The number of nitrogens with zero attached hydrogens (tertiary/aromatic N) is 2. The summed E-state index contributed by atoms with van der Waals surface area (Å²) in [5.41, 5.74) is 7.80. The van der Waals surface area contributed by atoms with Crippen LogP contribution in [-0.4, -0.2) is 15.0 Å². The smallest absolute Gasteiger partial charge is 0.228 e. The van der Waals surface area contributed by atoms with Crippen molar-refractivity contribution in [3.05, 3.63) is 97.1 Å². The van der Waals surface area contributed by atoms with E-state index in [4.69, 9.17) is 14.4 Å². The summed E-state index contributed by atoms with van der Waals surface area (Å²) >= 11 is 1.69. The van der Waals surface area contributed by atoms with Crippen LogP contribution in [0.1, 0.15) is 0 Å². The molecule has 0 aliphatic rings. The van der Waals surface area contributed by atoms with Crippen LogP contribution in [0.15, 0.2) is 101 Å². The van der Waals surface area contributed by atoms with Gasteiger partial charge in [0.25, 0.3) is 0 Å². The third kappa shape index (κ3) is 2.97. The molecular weight excluding hydrogens is 426 g/mol. The van der Waals surface area contributed by atoms with Crippen molar-refractivity contribution in [1.29, 1.82) is 0 Å². The van der Waals surface area contributed by atoms with Gasteiger partial charge in [-0.3, -0.25) is 0 Å². The van der Waals surface area contributed by atoms with Crippen LogP contribution in [-0.2, 0) is 0 Å². The highest BCUT2D eigenvalue weighted by Gasteiger charge is 2.21. The first kappa shape index (κ1) is 18.4. The van der Waals surface area contributed by atoms with Crippen LogP contribution < -0.4 is 0 Å². The zero-order valence-electron chi connectivity index (χ0n) is 17.4. The van der Waals surface area contributed by atoms with Crippen molar-refractivity contribution < 1.29 is 4.42 Å². The maximum Gasteiger partial charge on any atom is 0.228 e. The van der Waals surface area contributed by atoms with Crippen molar-refractivity contribution in [2.75, 3.05) is 0 Å². The Morgan fingerprint density at radius 3 is 2.36 bits per heavy atom. The third-order valence-corrected chi connectivity index (χ3v) is 6.97. The molecule has 4 aromatic carbocycles. The molecule has 156 valence electrons. The third-order valence-electron chi connectivity index (χ3n) is 5.92. The molecule has 0 aliphatic heterocycles. The number of nitrogens with one attached hydrogen (secondary N) is 1. The summed E-state index contributed by atoms with van der Waals surface area (Å²) < 4.78 is 7.35. The lowest BCUT2D eigenvalue weighted by atomic mass is 9.98. The molecule has 0 aliphatic carbocycles. The van der Waals surface area contributed by atoms with Crippen molar-refractivity contribution in [1.82, 2.24) is 15.0 Å². The molecule has 7 rings (SSSR count). The van der Waals surface area contributed by atoms with Gasteiger partial charge in [0.2, 0.25) is 5.89 Å². The molecule has 0 fully saturated rings. The van der Waals surface area contributed by atoms with Crippen LogP contribution in [0.25, 0.3) is 65.5 Å². The van der Waals surface area contributed by atoms with Gasteiger partial charge in [0.1, 0.15) is 10.5 Å². The monoisotopic (exact) mass is 443 g/mol. The fourth-order valence-corrected chi connectivity index (χ4v) is 5.41. The average Bonchev–Trinajstić information content (AvgIpc) is 3.59. The van der Waals surface area contributed by atoms with Gasteiger partial charge in [-0.1, -0.05) is 54.6 Å². The Balaban J connectivity index is 1.54. The number of rotatable bonds is 3. The van der Waals surface area contributed by atoms with E-state index in [2.05, 4.69) is 65.6 Å². The normalized spacial score (nSPS) is 11.6. The zero-order chi connectivity index (χ0) is 21.8. The molecule has 33 heavy (non-hydrogen) atoms. The van der Waals surface area contributed by atoms with E-state index in [0.717, 1.165) is 54.2 Å². The van der Waals surface area contributed by atoms with E-state index in [1.165, 1.54) is 5.39 Å². The number of hydrogen-bond acceptors (Lipinski definition) is 4. The largest absolute Gasteiger partial charge is 0.436 e. The lowest BCUT2D eigenvalue weighted by Crippen LogP contribution is -1.90. The summed E-state index contributed by atoms with van der Waals surface area (Å²) in [4.78, 5) is 13.4. The Morgan fingerprint density at radius 2 is 1.48 bits per heavy atom. The van der Waals surface area contributed by atoms with Crippen molar-refractivity contribution in [2.24, 2.45) is 0 Å². The number of fused-ring (bicyclic) bond motifs is 3. The molecule has 3 heterocycles. The molecule has 7 aromatic rings. The number of H-pyrrole nitrogens is 1. The minimum absolute atomic E-state index is 0.600. The first-order valence-electron chi connectivity index (χ1n) is 10.8. The van der Waals surface area contributed by atoms with Gasteiger partial charge in [-0.2, -0.15) is 0 Å². The van der Waals surface area contributed by atoms with Crippen LogP contribution in [0.4, 0.5) is 0 Å². The number of para-hydroxylation sites is 4. The Hall–Kier alpha value is -4.22. The summed E-state index contributed by atoms with van der Waals surface area (Å²) in [6, 6.07) is 32.9. The number of aromatic nitrogens is 3. The van der Waals surface area contributed by atoms with Gasteiger partial charge in [0, 0.05) is 33.3 Å². The Labute approximate surface area is 193 Å². The van der Waals surface area contributed by atoms with E-state index < -0.39 is 0 Å². The Kier molecular flexibility index (Phi) is 3.98. The predicted octanol–water partition coefficient (Wildman–Crippen LogP) is 7.92. The van der Waals surface area contributed by atoms with Gasteiger partial charge in [-0.25, -0.2) is 9.97 Å². The molecule has 0 spiro atoms.